The number of benzene rings is 1. The Hall–Kier alpha value is -2.23. The summed E-state index contributed by atoms with van der Waals surface area (Å²) in [4.78, 5) is 27.0. The molecule has 1 aromatic rings. The first-order valence-corrected chi connectivity index (χ1v) is 4.31. The second-order valence-electron chi connectivity index (χ2n) is 3.12. The van der Waals surface area contributed by atoms with Crippen molar-refractivity contribution < 1.29 is 11.0 Å². The highest BCUT2D eigenvalue weighted by molar-refractivity contribution is 6.26. The summed E-state index contributed by atoms with van der Waals surface area (Å²) >= 11 is 0. The van der Waals surface area contributed by atoms with Gasteiger partial charge in [-0.25, -0.2) is 0 Å². The number of nitrogens with two attached hydrogens (primary N) is 1. The van der Waals surface area contributed by atoms with E-state index >= 15 is 0 Å². The highest BCUT2D eigenvalue weighted by Crippen LogP contribution is 2.23. The minimum atomic E-state index is -0.368. The first kappa shape index (κ1) is 9.33. The highest BCUT2D eigenvalue weighted by atomic mass is 16.1. The fourth-order valence-electron chi connectivity index (χ4n) is 1.54. The molecule has 0 saturated heterocycles. The molecule has 1 aromatic carbocycles. The SMILES string of the molecule is C=NC1=C(N)C(=O)c2ccccc2C1=O.[HH]. The average Bonchev–Trinajstić information content (AvgIpc) is 2.27. The van der Waals surface area contributed by atoms with Crippen LogP contribution in [-0.4, -0.2) is 18.3 Å². The number of allylic oxidation sites excluding steroid dienone is 2. The van der Waals surface area contributed by atoms with Crippen LogP contribution in [0.5, 0.6) is 0 Å². The summed E-state index contributed by atoms with van der Waals surface area (Å²) in [5, 5.41) is 0. The van der Waals surface area contributed by atoms with E-state index in [0.717, 1.165) is 0 Å². The zero-order valence-corrected chi connectivity index (χ0v) is 7.86. The van der Waals surface area contributed by atoms with Gasteiger partial charge in [-0.05, 0) is 6.72 Å². The molecule has 0 fully saturated rings. The van der Waals surface area contributed by atoms with E-state index in [2.05, 4.69) is 11.7 Å². The van der Waals surface area contributed by atoms with Crippen molar-refractivity contribution in [1.29, 1.82) is 0 Å². The van der Waals surface area contributed by atoms with Gasteiger partial charge in [-0.15, -0.1) is 0 Å². The third-order valence-corrected chi connectivity index (χ3v) is 2.29. The normalized spacial score (nSPS) is 15.2. The van der Waals surface area contributed by atoms with E-state index in [0.29, 0.717) is 11.1 Å². The molecule has 4 heteroatoms. The average molecular weight is 202 g/mol. The van der Waals surface area contributed by atoms with Gasteiger partial charge in [-0.2, -0.15) is 0 Å². The molecule has 0 heterocycles. The minimum absolute atomic E-state index is 0. The quantitative estimate of drug-likeness (QED) is 0.695. The van der Waals surface area contributed by atoms with Gasteiger partial charge in [0.1, 0.15) is 11.4 Å². The third-order valence-electron chi connectivity index (χ3n) is 2.29. The van der Waals surface area contributed by atoms with Gasteiger partial charge in [0, 0.05) is 12.6 Å². The summed E-state index contributed by atoms with van der Waals surface area (Å²) in [5.74, 6) is -0.717. The van der Waals surface area contributed by atoms with Crippen molar-refractivity contribution in [1.82, 2.24) is 0 Å². The molecule has 0 aliphatic heterocycles. The summed E-state index contributed by atoms with van der Waals surface area (Å²) < 4.78 is 0. The number of carbonyl (C=O) groups excluding carboxylic acids is 2. The lowest BCUT2D eigenvalue weighted by Crippen LogP contribution is -2.25. The lowest BCUT2D eigenvalue weighted by atomic mass is 9.91. The summed E-state index contributed by atoms with van der Waals surface area (Å²) in [7, 11) is 0. The number of fused-ring (bicyclic) bond motifs is 1. The Labute approximate surface area is 87.6 Å². The molecule has 0 bridgehead atoms. The van der Waals surface area contributed by atoms with Crippen LogP contribution in [0.4, 0.5) is 0 Å². The molecule has 0 saturated carbocycles. The monoisotopic (exact) mass is 202 g/mol. The molecule has 0 unspecified atom stereocenters. The Kier molecular flexibility index (Phi) is 1.97. The molecule has 76 valence electrons. The highest BCUT2D eigenvalue weighted by Gasteiger charge is 2.29. The summed E-state index contributed by atoms with van der Waals surface area (Å²) in [6.45, 7) is 3.23. The standard InChI is InChI=1S/C11H8N2O2.H2/c1-13-9-8(12)10(14)6-4-2-3-5-7(6)11(9)15;/h2-5H,1,12H2;1H. The Morgan fingerprint density at radius 3 is 2.20 bits per heavy atom. The largest absolute Gasteiger partial charge is 0.394 e. The van der Waals surface area contributed by atoms with Gasteiger partial charge in [0.15, 0.2) is 0 Å². The smallest absolute Gasteiger partial charge is 0.214 e. The van der Waals surface area contributed by atoms with Crippen LogP contribution in [0.1, 0.15) is 22.1 Å². The van der Waals surface area contributed by atoms with Crippen molar-refractivity contribution in [3.63, 3.8) is 0 Å². The van der Waals surface area contributed by atoms with Crippen molar-refractivity contribution in [2.75, 3.05) is 0 Å². The Morgan fingerprint density at radius 2 is 1.67 bits per heavy atom. The molecule has 1 aliphatic rings. The minimum Gasteiger partial charge on any atom is -0.394 e. The number of aliphatic imine (C=N–C) groups is 1. The van der Waals surface area contributed by atoms with E-state index in [-0.39, 0.29) is 24.4 Å². The Morgan fingerprint density at radius 1 is 1.13 bits per heavy atom. The Balaban J connectivity index is 0.00000128. The van der Waals surface area contributed by atoms with E-state index in [9.17, 15) is 9.59 Å². The van der Waals surface area contributed by atoms with E-state index in [1.165, 1.54) is 0 Å². The van der Waals surface area contributed by atoms with Gasteiger partial charge in [0.25, 0.3) is 0 Å². The van der Waals surface area contributed by atoms with Crippen molar-refractivity contribution >= 4 is 18.3 Å². The van der Waals surface area contributed by atoms with E-state index in [4.69, 9.17) is 5.73 Å². The van der Waals surface area contributed by atoms with Gasteiger partial charge < -0.3 is 5.73 Å². The zero-order chi connectivity index (χ0) is 11.0. The van der Waals surface area contributed by atoms with Gasteiger partial charge in [-0.1, -0.05) is 24.3 Å². The molecule has 0 atom stereocenters. The lowest BCUT2D eigenvalue weighted by molar-refractivity contribution is 0.0972. The van der Waals surface area contributed by atoms with E-state index in [1.54, 1.807) is 24.3 Å². The van der Waals surface area contributed by atoms with E-state index < -0.39 is 0 Å². The van der Waals surface area contributed by atoms with Crippen LogP contribution in [0.2, 0.25) is 0 Å². The van der Waals surface area contributed by atoms with Gasteiger partial charge in [0.05, 0.1) is 0 Å². The van der Waals surface area contributed by atoms with Gasteiger partial charge in [-0.3, -0.25) is 14.6 Å². The fraction of sp³-hybridized carbons (Fsp3) is 0. The zero-order valence-electron chi connectivity index (χ0n) is 7.86. The van der Waals surface area contributed by atoms with Crippen LogP contribution in [0.3, 0.4) is 0 Å². The maximum absolute atomic E-state index is 11.8. The molecule has 15 heavy (non-hydrogen) atoms. The molecule has 2 N–H and O–H groups in total. The maximum atomic E-state index is 11.8. The van der Waals surface area contributed by atoms with Crippen LogP contribution in [0.15, 0.2) is 40.7 Å². The molecular formula is C11H10N2O2. The maximum Gasteiger partial charge on any atom is 0.214 e. The lowest BCUT2D eigenvalue weighted by Gasteiger charge is -2.14. The summed E-state index contributed by atoms with van der Waals surface area (Å²) in [6.07, 6.45) is 0. The second kappa shape index (κ2) is 3.16. The van der Waals surface area contributed by atoms with Gasteiger partial charge in [0.2, 0.25) is 11.6 Å². The number of hydrogen-bond donors (Lipinski definition) is 1. The van der Waals surface area contributed by atoms with Crippen molar-refractivity contribution in [2.45, 2.75) is 0 Å². The molecule has 0 spiro atoms. The number of Topliss-reactive ketones (excluding diaryl/α,β-unsaturated/α-hetero) is 2. The number of carbonyl (C=O) groups is 2. The van der Waals surface area contributed by atoms with Crippen LogP contribution in [0, 0.1) is 0 Å². The molecule has 0 radical (unpaired) electrons. The number of ketones is 2. The van der Waals surface area contributed by atoms with Crippen molar-refractivity contribution in [2.24, 2.45) is 10.7 Å². The molecule has 0 amide bonds. The van der Waals surface area contributed by atoms with Crippen molar-refractivity contribution in [3.8, 4) is 0 Å². The first-order chi connectivity index (χ1) is 7.16. The molecule has 1 aliphatic carbocycles. The predicted octanol–water partition coefficient (Wildman–Crippen LogP) is 1.18. The van der Waals surface area contributed by atoms with Crippen LogP contribution in [0.25, 0.3) is 0 Å². The Bertz CT molecular complexity index is 520. The third kappa shape index (κ3) is 1.19. The summed E-state index contributed by atoms with van der Waals surface area (Å²) in [6, 6.07) is 6.52. The number of rotatable bonds is 1. The molecule has 4 nitrogen and oxygen atoms in total. The number of nitrogens with zero attached hydrogens (tertiary/aromatic N) is 1. The summed E-state index contributed by atoms with van der Waals surface area (Å²) in [5.41, 5.74) is 5.98. The molecule has 0 aromatic heterocycles. The van der Waals surface area contributed by atoms with Crippen LogP contribution in [-0.2, 0) is 0 Å². The van der Waals surface area contributed by atoms with Crippen LogP contribution >= 0.6 is 0 Å². The molecule has 2 rings (SSSR count). The first-order valence-electron chi connectivity index (χ1n) is 4.31. The predicted molar refractivity (Wildman–Crippen MR) is 58.0 cm³/mol. The topological polar surface area (TPSA) is 72.5 Å². The second-order valence-corrected chi connectivity index (χ2v) is 3.12. The number of hydrogen-bond acceptors (Lipinski definition) is 4. The van der Waals surface area contributed by atoms with Crippen molar-refractivity contribution in [3.05, 3.63) is 46.8 Å². The van der Waals surface area contributed by atoms with Crippen LogP contribution < -0.4 is 5.73 Å². The van der Waals surface area contributed by atoms with Gasteiger partial charge >= 0.3 is 0 Å². The van der Waals surface area contributed by atoms with E-state index in [1.807, 2.05) is 0 Å². The fourth-order valence-corrected chi connectivity index (χ4v) is 1.54. The molecular weight excluding hydrogens is 192 g/mol.